The number of aromatic nitrogens is 4. The first kappa shape index (κ1) is 31.5. The molecule has 0 spiro atoms. The first-order chi connectivity index (χ1) is 23.3. The fourth-order valence-corrected chi connectivity index (χ4v) is 6.80. The topological polar surface area (TPSA) is 110 Å². The monoisotopic (exact) mass is 762 g/mol. The maximum absolute atomic E-state index is 12.1. The summed E-state index contributed by atoms with van der Waals surface area (Å²) >= 11 is 7.64. The largest absolute Gasteiger partial charge is 0.469 e. The smallest absolute Gasteiger partial charge is 0.309 e. The molecule has 2 aliphatic heterocycles. The fraction of sp³-hybridized carbons (Fsp3) is 0.105. The highest BCUT2D eigenvalue weighted by Gasteiger charge is 2.18. The van der Waals surface area contributed by atoms with Crippen LogP contribution in [0.1, 0.15) is 33.9 Å². The summed E-state index contributed by atoms with van der Waals surface area (Å²) in [6, 6.07) is 23.8. The van der Waals surface area contributed by atoms with Gasteiger partial charge in [-0.05, 0) is 103 Å². The van der Waals surface area contributed by atoms with Crippen molar-refractivity contribution in [3.8, 4) is 22.3 Å². The number of fused-ring (bicyclic) bond motifs is 8. The van der Waals surface area contributed by atoms with Gasteiger partial charge in [0.2, 0.25) is 0 Å². The van der Waals surface area contributed by atoms with Crippen molar-refractivity contribution in [3.05, 3.63) is 116 Å². The van der Waals surface area contributed by atoms with Gasteiger partial charge in [0.25, 0.3) is 0 Å². The number of nitrogens with zero attached hydrogens (tertiary/aromatic N) is 2. The van der Waals surface area contributed by atoms with E-state index in [0.29, 0.717) is 0 Å². The average Bonchev–Trinajstić information content (AvgIpc) is 3.93. The van der Waals surface area contributed by atoms with Crippen LogP contribution in [0, 0.1) is 0 Å². The number of nitrogens with one attached hydrogen (secondary N) is 2. The molecule has 0 fully saturated rings. The van der Waals surface area contributed by atoms with E-state index in [1.54, 1.807) is 0 Å². The lowest BCUT2D eigenvalue weighted by Crippen LogP contribution is -2.04. The van der Waals surface area contributed by atoms with E-state index in [9.17, 15) is 9.59 Å². The molecule has 2 N–H and O–H groups in total. The number of esters is 2. The van der Waals surface area contributed by atoms with Crippen LogP contribution in [-0.2, 0) is 31.9 Å². The number of benzene rings is 2. The van der Waals surface area contributed by atoms with E-state index < -0.39 is 0 Å². The van der Waals surface area contributed by atoms with Crippen LogP contribution in [0.25, 0.3) is 68.6 Å². The van der Waals surface area contributed by atoms with E-state index in [1.165, 1.54) is 14.2 Å². The molecule has 0 saturated heterocycles. The van der Waals surface area contributed by atoms with Gasteiger partial charge in [0, 0.05) is 22.2 Å². The molecular weight excluding hydrogens is 736 g/mol. The van der Waals surface area contributed by atoms with Crippen molar-refractivity contribution in [3.63, 3.8) is 0 Å². The minimum Gasteiger partial charge on any atom is -0.469 e. The van der Waals surface area contributed by atoms with Crippen LogP contribution >= 0.6 is 31.9 Å². The van der Waals surface area contributed by atoms with Crippen molar-refractivity contribution >= 4 is 90.2 Å². The lowest BCUT2D eigenvalue weighted by atomic mass is 9.99. The Morgan fingerprint density at radius 3 is 1.46 bits per heavy atom. The number of ether oxygens (including phenoxy) is 2. The normalized spacial score (nSPS) is 11.9. The van der Waals surface area contributed by atoms with Gasteiger partial charge in [-0.15, -0.1) is 0 Å². The lowest BCUT2D eigenvalue weighted by molar-refractivity contribution is -0.140. The molecule has 0 atom stereocenters. The molecule has 8 bridgehead atoms. The predicted octanol–water partition coefficient (Wildman–Crippen LogP) is 8.95. The van der Waals surface area contributed by atoms with Gasteiger partial charge in [-0.1, -0.05) is 48.5 Å². The summed E-state index contributed by atoms with van der Waals surface area (Å²) < 4.78 is 11.4. The fourth-order valence-electron chi connectivity index (χ4n) is 5.90. The summed E-state index contributed by atoms with van der Waals surface area (Å²) in [5.74, 6) is -0.603. The molecule has 0 amide bonds. The van der Waals surface area contributed by atoms with E-state index in [-0.39, 0.29) is 24.8 Å². The van der Waals surface area contributed by atoms with Crippen LogP contribution in [-0.4, -0.2) is 46.1 Å². The van der Waals surface area contributed by atoms with Crippen LogP contribution in [0.15, 0.2) is 81.7 Å². The zero-order valence-electron chi connectivity index (χ0n) is 25.9. The number of methoxy groups -OCH3 is 2. The number of aromatic amines is 2. The summed E-state index contributed by atoms with van der Waals surface area (Å²) in [6.07, 6.45) is 8.24. The Morgan fingerprint density at radius 2 is 1.00 bits per heavy atom. The van der Waals surface area contributed by atoms with Crippen LogP contribution in [0.5, 0.6) is 0 Å². The molecule has 2 aromatic carbocycles. The van der Waals surface area contributed by atoms with Crippen molar-refractivity contribution < 1.29 is 19.1 Å². The minimum atomic E-state index is -0.306. The highest BCUT2D eigenvalue weighted by Crippen LogP contribution is 2.36. The van der Waals surface area contributed by atoms with Crippen LogP contribution in [0.2, 0.25) is 0 Å². The van der Waals surface area contributed by atoms with Gasteiger partial charge in [0.05, 0.1) is 69.8 Å². The number of carbonyl (C=O) groups is 2. The van der Waals surface area contributed by atoms with E-state index in [0.717, 1.165) is 87.2 Å². The Morgan fingerprint density at radius 1 is 0.583 bits per heavy atom. The third kappa shape index (κ3) is 6.16. The second-order valence-corrected chi connectivity index (χ2v) is 12.9. The Labute approximate surface area is 292 Å². The van der Waals surface area contributed by atoms with Gasteiger partial charge in [-0.2, -0.15) is 0 Å². The number of carbonyl (C=O) groups excluding carboxylic acids is 2. The predicted molar refractivity (Wildman–Crippen MR) is 197 cm³/mol. The second-order valence-electron chi connectivity index (χ2n) is 11.3. The molecule has 5 aromatic rings. The van der Waals surface area contributed by atoms with Crippen molar-refractivity contribution in [2.45, 2.75) is 12.8 Å². The first-order valence-electron chi connectivity index (χ1n) is 15.1. The summed E-state index contributed by atoms with van der Waals surface area (Å²) in [5, 5.41) is 0. The number of H-pyrrole nitrogens is 2. The van der Waals surface area contributed by atoms with Gasteiger partial charge in [-0.25, -0.2) is 9.97 Å². The number of rotatable bonds is 6. The van der Waals surface area contributed by atoms with E-state index in [4.69, 9.17) is 19.4 Å². The molecule has 5 heterocycles. The van der Waals surface area contributed by atoms with Crippen LogP contribution in [0.4, 0.5) is 0 Å². The van der Waals surface area contributed by atoms with E-state index in [2.05, 4.69) is 41.8 Å². The Balaban J connectivity index is 1.51. The quantitative estimate of drug-likeness (QED) is 0.164. The van der Waals surface area contributed by atoms with Gasteiger partial charge in [0.15, 0.2) is 0 Å². The number of halogens is 2. The minimum absolute atomic E-state index is 0.161. The standard InChI is InChI=1S/C38H28Br2N4O4/c1-47-33(45)19-21-5-3-7-23(17-21)35-25-9-13-29(41-25)37(39)31-15-11-27(43-31)36(24-8-4-6-22(18-24)20-34(46)48-2)28-12-16-32(44-28)38(40)30-14-10-26(35)42-30/h3-18,41-42H,19-20H2,1-2H3. The average molecular weight is 764 g/mol. The SMILES string of the molecule is COC(=O)Cc1cccc(-c2c3nc(c(Br)c4ccc([nH]4)c(-c4cccc(CC(=O)OC)c4)c4ccc([nH]4)c(Br)c4nc2C=C4)C=C3)c1. The summed E-state index contributed by atoms with van der Waals surface area (Å²) in [7, 11) is 2.78. The van der Waals surface area contributed by atoms with Gasteiger partial charge >= 0.3 is 11.9 Å². The third-order valence-electron chi connectivity index (χ3n) is 8.21. The molecule has 3 aromatic heterocycles. The highest BCUT2D eigenvalue weighted by atomic mass is 79.9. The first-order valence-corrected chi connectivity index (χ1v) is 16.7. The van der Waals surface area contributed by atoms with Gasteiger partial charge in [0.1, 0.15) is 0 Å². The molecule has 238 valence electrons. The Hall–Kier alpha value is -5.06. The number of hydrogen-bond acceptors (Lipinski definition) is 6. The second kappa shape index (κ2) is 13.2. The molecule has 0 radical (unpaired) electrons. The molecule has 10 heteroatoms. The zero-order chi connectivity index (χ0) is 33.4. The zero-order valence-corrected chi connectivity index (χ0v) is 29.1. The molecular formula is C38H28Br2N4O4. The summed E-state index contributed by atoms with van der Waals surface area (Å²) in [4.78, 5) is 41.5. The highest BCUT2D eigenvalue weighted by molar-refractivity contribution is 9.11. The number of hydrogen-bond donors (Lipinski definition) is 2. The van der Waals surface area contributed by atoms with Crippen LogP contribution in [0.3, 0.4) is 0 Å². The van der Waals surface area contributed by atoms with E-state index >= 15 is 0 Å². The molecule has 0 unspecified atom stereocenters. The maximum Gasteiger partial charge on any atom is 0.309 e. The van der Waals surface area contributed by atoms with Gasteiger partial charge in [-0.3, -0.25) is 9.59 Å². The van der Waals surface area contributed by atoms with Crippen molar-refractivity contribution in [1.29, 1.82) is 0 Å². The maximum atomic E-state index is 12.1. The van der Waals surface area contributed by atoms with Crippen LogP contribution < -0.4 is 0 Å². The molecule has 7 rings (SSSR count). The molecule has 48 heavy (non-hydrogen) atoms. The Bertz CT molecular complexity index is 2250. The third-order valence-corrected chi connectivity index (χ3v) is 9.88. The summed E-state index contributed by atoms with van der Waals surface area (Å²) in [5.41, 5.74) is 11.7. The van der Waals surface area contributed by atoms with Crippen molar-refractivity contribution in [1.82, 2.24) is 19.9 Å². The Kier molecular flexibility index (Phi) is 8.68. The lowest BCUT2D eigenvalue weighted by Gasteiger charge is -2.08. The molecule has 0 saturated carbocycles. The summed E-state index contributed by atoms with van der Waals surface area (Å²) in [6.45, 7) is 0. The molecule has 8 nitrogen and oxygen atoms in total. The van der Waals surface area contributed by atoms with Crippen molar-refractivity contribution in [2.24, 2.45) is 0 Å². The molecule has 0 aliphatic carbocycles. The van der Waals surface area contributed by atoms with E-state index in [1.807, 2.05) is 97.1 Å². The molecule has 2 aliphatic rings. The van der Waals surface area contributed by atoms with Crippen molar-refractivity contribution in [2.75, 3.05) is 14.2 Å². The van der Waals surface area contributed by atoms with Gasteiger partial charge < -0.3 is 19.4 Å².